The van der Waals surface area contributed by atoms with E-state index in [1.54, 1.807) is 20.8 Å². The number of rotatable bonds is 11. The van der Waals surface area contributed by atoms with Crippen LogP contribution in [0.3, 0.4) is 0 Å². The molecule has 0 spiro atoms. The van der Waals surface area contributed by atoms with Crippen LogP contribution in [-0.2, 0) is 19.1 Å². The first kappa shape index (κ1) is 25.2. The number of hydrogen-bond donors (Lipinski definition) is 3. The van der Waals surface area contributed by atoms with Crippen LogP contribution in [0.4, 0.5) is 4.79 Å². The number of carbonyl (C=O) groups is 3. The Kier molecular flexibility index (Phi) is 8.65. The van der Waals surface area contributed by atoms with Crippen molar-refractivity contribution >= 4 is 18.0 Å². The molecular weight excluding hydrogens is 436 g/mol. The number of fused-ring (bicyclic) bond motifs is 3. The first-order valence-corrected chi connectivity index (χ1v) is 11.5. The molecule has 1 aliphatic carbocycles. The van der Waals surface area contributed by atoms with Crippen LogP contribution in [0, 0.1) is 5.92 Å². The largest absolute Gasteiger partial charge is 0.480 e. The van der Waals surface area contributed by atoms with Gasteiger partial charge in [0, 0.05) is 19.1 Å². The number of alkyl carbamates (subject to hydrolysis) is 1. The average Bonchev–Trinajstić information content (AvgIpc) is 3.13. The summed E-state index contributed by atoms with van der Waals surface area (Å²) in [4.78, 5) is 36.1. The number of carbonyl (C=O) groups excluding carboxylic acids is 2. The topological polar surface area (TPSA) is 114 Å². The second-order valence-electron chi connectivity index (χ2n) is 8.62. The Morgan fingerprint density at radius 2 is 1.59 bits per heavy atom. The summed E-state index contributed by atoms with van der Waals surface area (Å²) in [5, 5.41) is 14.4. The fourth-order valence-corrected chi connectivity index (χ4v) is 4.23. The summed E-state index contributed by atoms with van der Waals surface area (Å²) in [5.41, 5.74) is 4.54. The zero-order valence-corrected chi connectivity index (χ0v) is 19.7. The Hall–Kier alpha value is -3.39. The van der Waals surface area contributed by atoms with Gasteiger partial charge in [-0.3, -0.25) is 4.79 Å². The van der Waals surface area contributed by atoms with E-state index in [0.29, 0.717) is 6.61 Å². The maximum absolute atomic E-state index is 12.4. The highest BCUT2D eigenvalue weighted by atomic mass is 16.5. The van der Waals surface area contributed by atoms with E-state index in [-0.39, 0.29) is 31.4 Å². The molecule has 2 atom stereocenters. The van der Waals surface area contributed by atoms with E-state index in [0.717, 1.165) is 22.3 Å². The molecule has 0 heterocycles. The van der Waals surface area contributed by atoms with E-state index in [4.69, 9.17) is 9.47 Å². The van der Waals surface area contributed by atoms with Crippen molar-refractivity contribution in [1.82, 2.24) is 10.6 Å². The van der Waals surface area contributed by atoms with Gasteiger partial charge in [-0.15, -0.1) is 0 Å². The van der Waals surface area contributed by atoms with Gasteiger partial charge in [0.25, 0.3) is 0 Å². The van der Waals surface area contributed by atoms with Crippen LogP contribution in [0.15, 0.2) is 48.5 Å². The number of nitrogens with one attached hydrogen (secondary N) is 2. The minimum absolute atomic E-state index is 0.0457. The molecule has 0 bridgehead atoms. The summed E-state index contributed by atoms with van der Waals surface area (Å²) < 4.78 is 11.1. The third-order valence-corrected chi connectivity index (χ3v) is 5.88. The van der Waals surface area contributed by atoms with Gasteiger partial charge in [0.05, 0.1) is 12.5 Å². The van der Waals surface area contributed by atoms with Gasteiger partial charge in [0.15, 0.2) is 0 Å². The summed E-state index contributed by atoms with van der Waals surface area (Å²) in [6, 6.07) is 15.2. The minimum Gasteiger partial charge on any atom is -0.480 e. The van der Waals surface area contributed by atoms with Crippen molar-refractivity contribution in [2.45, 2.75) is 45.3 Å². The molecule has 0 aromatic heterocycles. The third kappa shape index (κ3) is 6.14. The van der Waals surface area contributed by atoms with Crippen molar-refractivity contribution in [3.63, 3.8) is 0 Å². The monoisotopic (exact) mass is 468 g/mol. The lowest BCUT2D eigenvalue weighted by atomic mass is 9.98. The number of amides is 2. The number of carboxylic acid groups (broad SMARTS) is 1. The van der Waals surface area contributed by atoms with E-state index < -0.39 is 30.1 Å². The molecule has 1 unspecified atom stereocenters. The van der Waals surface area contributed by atoms with Crippen LogP contribution >= 0.6 is 0 Å². The Bertz CT molecular complexity index is 976. The molecule has 8 nitrogen and oxygen atoms in total. The number of aliphatic carboxylic acids is 1. The molecule has 3 rings (SSSR count). The van der Waals surface area contributed by atoms with Gasteiger partial charge in [-0.25, -0.2) is 9.59 Å². The highest BCUT2D eigenvalue weighted by molar-refractivity contribution is 5.84. The van der Waals surface area contributed by atoms with E-state index in [9.17, 15) is 19.5 Å². The van der Waals surface area contributed by atoms with Gasteiger partial charge < -0.3 is 25.2 Å². The lowest BCUT2D eigenvalue weighted by Gasteiger charge is -2.21. The SMILES string of the molecule is CCOC(CNC(=O)OCC1c2ccccc2-c2ccccc21)CC(=O)N[C@@H](C(=O)O)C(C)C. The van der Waals surface area contributed by atoms with Gasteiger partial charge in [-0.1, -0.05) is 62.4 Å². The molecule has 34 heavy (non-hydrogen) atoms. The fourth-order valence-electron chi connectivity index (χ4n) is 4.23. The van der Waals surface area contributed by atoms with Gasteiger partial charge in [-0.2, -0.15) is 0 Å². The summed E-state index contributed by atoms with van der Waals surface area (Å²) in [7, 11) is 0. The van der Waals surface area contributed by atoms with Gasteiger partial charge in [-0.05, 0) is 35.1 Å². The second kappa shape index (κ2) is 11.7. The van der Waals surface area contributed by atoms with E-state index in [1.165, 1.54) is 0 Å². The maximum Gasteiger partial charge on any atom is 0.407 e. The molecule has 2 aromatic carbocycles. The van der Waals surface area contributed by atoms with Crippen molar-refractivity contribution < 1.29 is 29.0 Å². The van der Waals surface area contributed by atoms with Crippen LogP contribution in [0.2, 0.25) is 0 Å². The van der Waals surface area contributed by atoms with Crippen molar-refractivity contribution in [2.75, 3.05) is 19.8 Å². The van der Waals surface area contributed by atoms with Crippen LogP contribution in [0.5, 0.6) is 0 Å². The Balaban J connectivity index is 1.53. The lowest BCUT2D eigenvalue weighted by Crippen LogP contribution is -2.46. The van der Waals surface area contributed by atoms with Gasteiger partial charge in [0.2, 0.25) is 5.91 Å². The molecule has 3 N–H and O–H groups in total. The lowest BCUT2D eigenvalue weighted by molar-refractivity contribution is -0.143. The molecular formula is C26H32N2O6. The van der Waals surface area contributed by atoms with Crippen molar-refractivity contribution in [1.29, 1.82) is 0 Å². The maximum atomic E-state index is 12.4. The molecule has 182 valence electrons. The molecule has 0 saturated heterocycles. The summed E-state index contributed by atoms with van der Waals surface area (Å²) in [5.74, 6) is -1.84. The van der Waals surface area contributed by atoms with Gasteiger partial charge in [0.1, 0.15) is 12.6 Å². The average molecular weight is 469 g/mol. The first-order chi connectivity index (χ1) is 16.3. The summed E-state index contributed by atoms with van der Waals surface area (Å²) >= 11 is 0. The Morgan fingerprint density at radius 3 is 2.12 bits per heavy atom. The number of benzene rings is 2. The van der Waals surface area contributed by atoms with Gasteiger partial charge >= 0.3 is 12.1 Å². The summed E-state index contributed by atoms with van der Waals surface area (Å²) in [6.07, 6.45) is -1.28. The zero-order valence-electron chi connectivity index (χ0n) is 19.7. The van der Waals surface area contributed by atoms with Crippen molar-refractivity contribution in [3.05, 3.63) is 59.7 Å². The predicted molar refractivity (Wildman–Crippen MR) is 128 cm³/mol. The Labute approximate surface area is 199 Å². The molecule has 1 aliphatic rings. The van der Waals surface area contributed by atoms with Crippen LogP contribution in [-0.4, -0.2) is 55.0 Å². The van der Waals surface area contributed by atoms with E-state index in [2.05, 4.69) is 22.8 Å². The molecule has 0 aliphatic heterocycles. The molecule has 8 heteroatoms. The molecule has 0 saturated carbocycles. The Morgan fingerprint density at radius 1 is 1.00 bits per heavy atom. The van der Waals surface area contributed by atoms with E-state index in [1.807, 2.05) is 36.4 Å². The van der Waals surface area contributed by atoms with E-state index >= 15 is 0 Å². The number of ether oxygens (including phenoxy) is 2. The molecule has 2 aromatic rings. The van der Waals surface area contributed by atoms with Crippen LogP contribution < -0.4 is 10.6 Å². The minimum atomic E-state index is -1.09. The smallest absolute Gasteiger partial charge is 0.407 e. The third-order valence-electron chi connectivity index (χ3n) is 5.88. The fraction of sp³-hybridized carbons (Fsp3) is 0.423. The number of carboxylic acids is 1. The number of hydrogen-bond acceptors (Lipinski definition) is 5. The predicted octanol–water partition coefficient (Wildman–Crippen LogP) is 3.55. The second-order valence-corrected chi connectivity index (χ2v) is 8.62. The standard InChI is InChI=1S/C26H32N2O6/c1-4-33-17(13-23(29)28-24(16(2)3)25(30)31)14-27-26(32)34-15-22-20-11-7-5-9-18(20)19-10-6-8-12-21(19)22/h5-12,16-17,22,24H,4,13-15H2,1-3H3,(H,27,32)(H,28,29)(H,30,31)/t17?,24-/m1/s1. The van der Waals surface area contributed by atoms with Crippen molar-refractivity contribution in [2.24, 2.45) is 5.92 Å². The summed E-state index contributed by atoms with van der Waals surface area (Å²) in [6.45, 7) is 5.82. The molecule has 2 amide bonds. The quantitative estimate of drug-likeness (QED) is 0.465. The highest BCUT2D eigenvalue weighted by Crippen LogP contribution is 2.44. The normalized spacial score (nSPS) is 14.1. The molecule has 0 radical (unpaired) electrons. The van der Waals surface area contributed by atoms with Crippen LogP contribution in [0.25, 0.3) is 11.1 Å². The zero-order chi connectivity index (χ0) is 24.7. The van der Waals surface area contributed by atoms with Crippen molar-refractivity contribution in [3.8, 4) is 11.1 Å². The van der Waals surface area contributed by atoms with Crippen LogP contribution in [0.1, 0.15) is 44.2 Å². The molecule has 0 fully saturated rings. The first-order valence-electron chi connectivity index (χ1n) is 11.5. The highest BCUT2D eigenvalue weighted by Gasteiger charge is 2.29.